The maximum absolute atomic E-state index is 2.45. The van der Waals surface area contributed by atoms with E-state index < -0.39 is 7.92 Å². The second-order valence-electron chi connectivity index (χ2n) is 8.95. The van der Waals surface area contributed by atoms with Gasteiger partial charge in [-0.3, -0.25) is 0 Å². The van der Waals surface area contributed by atoms with E-state index >= 15 is 0 Å². The first kappa shape index (κ1) is 24.7. The number of hydrogen-bond acceptors (Lipinski definition) is 0. The van der Waals surface area contributed by atoms with Gasteiger partial charge < -0.3 is 0 Å². The highest BCUT2D eigenvalue weighted by atomic mass is 31.1. The van der Waals surface area contributed by atoms with Gasteiger partial charge in [0.25, 0.3) is 0 Å². The van der Waals surface area contributed by atoms with Gasteiger partial charge in [-0.25, -0.2) is 0 Å². The summed E-state index contributed by atoms with van der Waals surface area (Å²) in [6, 6.07) is 23.4. The predicted octanol–water partition coefficient (Wildman–Crippen LogP) is 7.56. The summed E-state index contributed by atoms with van der Waals surface area (Å²) in [6.45, 7) is 11.6. The summed E-state index contributed by atoms with van der Waals surface area (Å²) in [5.74, 6) is 0. The molecule has 0 aliphatic carbocycles. The van der Waals surface area contributed by atoms with Crippen LogP contribution in [0.4, 0.5) is 0 Å². The highest BCUT2D eigenvalue weighted by molar-refractivity contribution is 7.80. The molecule has 0 spiro atoms. The molecular formula is C31H41P. The third kappa shape index (κ3) is 5.52. The van der Waals surface area contributed by atoms with Gasteiger partial charge in [-0.2, -0.15) is 0 Å². The van der Waals surface area contributed by atoms with E-state index in [-0.39, 0.29) is 0 Å². The molecule has 0 saturated heterocycles. The average Bonchev–Trinajstić information content (AvgIpc) is 2.79. The Morgan fingerprint density at radius 3 is 1.38 bits per heavy atom. The third-order valence-electron chi connectivity index (χ3n) is 6.37. The van der Waals surface area contributed by atoms with Gasteiger partial charge >= 0.3 is 0 Å². The molecule has 3 aromatic rings. The number of hydrogen-bond donors (Lipinski definition) is 0. The fraction of sp³-hybridized carbons (Fsp3) is 0.419. The largest absolute Gasteiger partial charge is 0.0651 e. The molecule has 0 bridgehead atoms. The van der Waals surface area contributed by atoms with Crippen LogP contribution in [-0.4, -0.2) is 0 Å². The minimum atomic E-state index is -0.585. The lowest BCUT2D eigenvalue weighted by atomic mass is 9.99. The van der Waals surface area contributed by atoms with Crippen molar-refractivity contribution in [3.8, 4) is 0 Å². The van der Waals surface area contributed by atoms with E-state index in [2.05, 4.69) is 95.3 Å². The van der Waals surface area contributed by atoms with Crippen LogP contribution in [0.25, 0.3) is 0 Å². The van der Waals surface area contributed by atoms with Crippen LogP contribution in [-0.2, 0) is 25.7 Å². The van der Waals surface area contributed by atoms with Gasteiger partial charge in [0.15, 0.2) is 0 Å². The maximum Gasteiger partial charge on any atom is -0.0116 e. The smallest absolute Gasteiger partial charge is 0.0116 e. The summed E-state index contributed by atoms with van der Waals surface area (Å²) in [5.41, 5.74) is 7.79. The Hall–Kier alpha value is -1.91. The SMILES string of the molecule is CCCc1cccc(P(c2ccccc2C)c2cccc(CCC)c2CCC)c1CCC. The first-order valence-electron chi connectivity index (χ1n) is 12.7. The average molecular weight is 445 g/mol. The van der Waals surface area contributed by atoms with Crippen molar-refractivity contribution in [2.75, 3.05) is 0 Å². The van der Waals surface area contributed by atoms with Crippen LogP contribution in [0.2, 0.25) is 0 Å². The molecule has 1 heteroatoms. The minimum Gasteiger partial charge on any atom is -0.0651 e. The van der Waals surface area contributed by atoms with E-state index in [9.17, 15) is 0 Å². The number of rotatable bonds is 11. The molecule has 170 valence electrons. The van der Waals surface area contributed by atoms with Crippen LogP contribution in [0, 0.1) is 6.92 Å². The fourth-order valence-electron chi connectivity index (χ4n) is 4.95. The van der Waals surface area contributed by atoms with Gasteiger partial charge in [0.1, 0.15) is 0 Å². The van der Waals surface area contributed by atoms with E-state index in [1.165, 1.54) is 62.2 Å². The zero-order valence-electron chi connectivity index (χ0n) is 20.9. The highest BCUT2D eigenvalue weighted by Gasteiger charge is 2.25. The predicted molar refractivity (Wildman–Crippen MR) is 146 cm³/mol. The zero-order chi connectivity index (χ0) is 22.9. The van der Waals surface area contributed by atoms with Gasteiger partial charge in [-0.05, 0) is 84.3 Å². The minimum absolute atomic E-state index is 0.585. The Morgan fingerprint density at radius 2 is 0.938 bits per heavy atom. The Kier molecular flexibility index (Phi) is 9.55. The summed E-state index contributed by atoms with van der Waals surface area (Å²) in [4.78, 5) is 0. The molecule has 0 amide bonds. The number of aryl methyl sites for hydroxylation is 3. The molecular weight excluding hydrogens is 403 g/mol. The molecule has 0 atom stereocenters. The molecule has 0 aromatic heterocycles. The van der Waals surface area contributed by atoms with Crippen molar-refractivity contribution in [1.29, 1.82) is 0 Å². The van der Waals surface area contributed by atoms with Crippen LogP contribution in [0.3, 0.4) is 0 Å². The molecule has 0 aliphatic heterocycles. The molecule has 3 aromatic carbocycles. The van der Waals surface area contributed by atoms with Crippen molar-refractivity contribution in [3.05, 3.63) is 88.5 Å². The molecule has 0 heterocycles. The van der Waals surface area contributed by atoms with Crippen molar-refractivity contribution in [1.82, 2.24) is 0 Å². The summed E-state index contributed by atoms with van der Waals surface area (Å²) < 4.78 is 0. The van der Waals surface area contributed by atoms with E-state index in [1.54, 1.807) is 32.9 Å². The lowest BCUT2D eigenvalue weighted by Crippen LogP contribution is -2.28. The molecule has 32 heavy (non-hydrogen) atoms. The van der Waals surface area contributed by atoms with Crippen molar-refractivity contribution in [2.24, 2.45) is 0 Å². The molecule has 0 saturated carbocycles. The Bertz CT molecular complexity index is 942. The van der Waals surface area contributed by atoms with Crippen LogP contribution < -0.4 is 15.9 Å². The summed E-state index contributed by atoms with van der Waals surface area (Å²) >= 11 is 0. The fourth-order valence-corrected chi connectivity index (χ4v) is 7.91. The molecule has 3 rings (SSSR count). The molecule has 0 aliphatic rings. The Balaban J connectivity index is 2.33. The summed E-state index contributed by atoms with van der Waals surface area (Å²) in [7, 11) is -0.585. The van der Waals surface area contributed by atoms with E-state index in [0.29, 0.717) is 0 Å². The first-order valence-corrected chi connectivity index (χ1v) is 14.1. The van der Waals surface area contributed by atoms with Crippen molar-refractivity contribution >= 4 is 23.8 Å². The molecule has 0 unspecified atom stereocenters. The standard InChI is InChI=1S/C31H41P/c1-6-14-25-19-12-22-30(27(25)16-8-3)32(29-21-11-10-18-24(29)5)31-23-13-20-26(15-7-2)28(31)17-9-4/h10-13,18-23H,6-9,14-17H2,1-5H3. The normalized spacial score (nSPS) is 11.3. The molecule has 0 N–H and O–H groups in total. The second-order valence-corrected chi connectivity index (χ2v) is 11.1. The highest BCUT2D eigenvalue weighted by Crippen LogP contribution is 2.39. The van der Waals surface area contributed by atoms with Crippen molar-refractivity contribution in [2.45, 2.75) is 86.0 Å². The molecule has 0 radical (unpaired) electrons. The summed E-state index contributed by atoms with van der Waals surface area (Å²) in [6.07, 6.45) is 9.51. The second kappa shape index (κ2) is 12.4. The Labute approximate surface area is 198 Å². The molecule has 0 nitrogen and oxygen atoms in total. The Morgan fingerprint density at radius 1 is 0.500 bits per heavy atom. The maximum atomic E-state index is 2.45. The van der Waals surface area contributed by atoms with Crippen LogP contribution in [0.1, 0.15) is 81.2 Å². The lowest BCUT2D eigenvalue weighted by molar-refractivity contribution is 0.864. The van der Waals surface area contributed by atoms with Gasteiger partial charge in [-0.15, -0.1) is 0 Å². The molecule has 0 fully saturated rings. The third-order valence-corrected chi connectivity index (χ3v) is 9.16. The lowest BCUT2D eigenvalue weighted by Gasteiger charge is -2.28. The van der Waals surface area contributed by atoms with Crippen molar-refractivity contribution < 1.29 is 0 Å². The van der Waals surface area contributed by atoms with E-state index in [4.69, 9.17) is 0 Å². The van der Waals surface area contributed by atoms with E-state index in [1.807, 2.05) is 0 Å². The quantitative estimate of drug-likeness (QED) is 0.268. The van der Waals surface area contributed by atoms with Gasteiger partial charge in [0, 0.05) is 0 Å². The van der Waals surface area contributed by atoms with Crippen LogP contribution in [0.5, 0.6) is 0 Å². The van der Waals surface area contributed by atoms with Gasteiger partial charge in [0.2, 0.25) is 0 Å². The zero-order valence-corrected chi connectivity index (χ0v) is 21.8. The van der Waals surface area contributed by atoms with Gasteiger partial charge in [-0.1, -0.05) is 114 Å². The van der Waals surface area contributed by atoms with Crippen molar-refractivity contribution in [3.63, 3.8) is 0 Å². The van der Waals surface area contributed by atoms with Crippen LogP contribution >= 0.6 is 7.92 Å². The van der Waals surface area contributed by atoms with Gasteiger partial charge in [0.05, 0.1) is 0 Å². The monoisotopic (exact) mass is 444 g/mol. The first-order chi connectivity index (χ1) is 15.7. The van der Waals surface area contributed by atoms with Crippen LogP contribution in [0.15, 0.2) is 60.7 Å². The summed E-state index contributed by atoms with van der Waals surface area (Å²) in [5, 5.41) is 4.71. The van der Waals surface area contributed by atoms with E-state index in [0.717, 1.165) is 0 Å². The number of benzene rings is 3. The topological polar surface area (TPSA) is 0 Å².